The van der Waals surface area contributed by atoms with Crippen LogP contribution < -0.4 is 41.3 Å². The minimum absolute atomic E-state index is 0.00460. The third-order valence-electron chi connectivity index (χ3n) is 21.8. The first-order chi connectivity index (χ1) is 68.1. The Morgan fingerprint density at radius 3 is 0.958 bits per heavy atom. The van der Waals surface area contributed by atoms with Crippen LogP contribution in [-0.2, 0) is 43.0 Å². The molecule has 0 unspecified atom stereocenters. The van der Waals surface area contributed by atoms with Gasteiger partial charge in [0.2, 0.25) is 11.8 Å². The highest BCUT2D eigenvalue weighted by Gasteiger charge is 2.43. The SMILES string of the molecule is CC(=O)Nc1ccc(-c2csc(N(C)C(=O)[C@@H]3CCCN3C#N)n2)cc1.CC(=O)Nc1ccc(-c2csc(N(C)C(=O)[C@@H]3CCCN3C(=O)OC(C)(C)C)n2)cc1.CN(C(=O)[C@@H]1CCCN1C(=O)OC(C)(C)C)c1nc(-c2ccc(N)cc2)cs1.CN(C(=O)[C@@H]1CCCN1C(=O)OC(C)(C)C)c1nc(-c2ccc([N+](=O)[O-])cc2)cs1.CNc1nc(-c2ccc([N+](=O)[O-])cc2)cs1.O=C(CBr)c1ccc([N+](=O)[O-])cc1. The van der Waals surface area contributed by atoms with E-state index >= 15 is 0 Å². The van der Waals surface area contributed by atoms with Gasteiger partial charge in [-0.25, -0.2) is 39.3 Å². The smallest absolute Gasteiger partial charge is 0.410 e. The van der Waals surface area contributed by atoms with Crippen LogP contribution in [0.4, 0.5) is 74.2 Å². The second-order valence-electron chi connectivity index (χ2n) is 36.0. The molecule has 0 saturated carbocycles. The number of hydrogen-bond donors (Lipinski definition) is 4. The number of halogens is 1. The number of Topliss-reactive ketones (excluding diaryl/α,β-unsaturated/α-hetero) is 1. The van der Waals surface area contributed by atoms with Crippen molar-refractivity contribution >= 4 is 192 Å². The summed E-state index contributed by atoms with van der Waals surface area (Å²) >= 11 is 9.95. The Morgan fingerprint density at radius 1 is 0.424 bits per heavy atom. The van der Waals surface area contributed by atoms with Gasteiger partial charge in [-0.1, -0.05) is 52.3 Å². The zero-order chi connectivity index (χ0) is 105. The van der Waals surface area contributed by atoms with E-state index in [0.717, 1.165) is 87.1 Å². The summed E-state index contributed by atoms with van der Waals surface area (Å²) in [6.45, 7) is 21.3. The molecule has 4 aliphatic rings. The summed E-state index contributed by atoms with van der Waals surface area (Å²) in [7, 11) is 8.50. The molecule has 0 aliphatic carbocycles. The number of nitrogen functional groups attached to an aromatic ring is 1. The first kappa shape index (κ1) is 111. The lowest BCUT2D eigenvalue weighted by Gasteiger charge is -2.29. The number of likely N-dealkylation sites (N-methyl/N-ethyl adjacent to an activating group) is 4. The lowest BCUT2D eigenvalue weighted by atomic mass is 10.1. The van der Waals surface area contributed by atoms with Crippen LogP contribution in [0, 0.1) is 41.8 Å². The number of nitrogens with two attached hydrogens (primary N) is 1. The minimum atomic E-state index is -0.631. The number of amides is 9. The van der Waals surface area contributed by atoms with E-state index in [0.29, 0.717) is 95.0 Å². The standard InChI is InChI=1S/C22H28N4O4S.C20H24N4O5S.C20H26N4O3S.C18H19N5O2S.C10H9N3O2S.C8H6BrNO3/c1-14(27)23-16-10-8-15(9-11-16)17-13-31-20(24-17)25(5)19(28)18-7-6-12-26(18)21(29)30-22(2,3)4;1-20(2,3)29-19(26)23-11-5-6-16(23)17(25)22(4)18-21-15(12-30-18)13-7-9-14(10-8-13)24(27)28;1-20(2,3)27-19(26)24-11-5-6-16(24)17(25)23(4)18-22-15(12-28-18)13-7-9-14(21)10-8-13;1-12(24)20-14-7-5-13(6-8-14)15-10-26-18(21-15)22(2)17(25)16-4-3-9-23(16)11-19;1-11-10-12-9(6-16-10)7-2-4-8(5-3-7)13(14)15;9-5-8(11)6-1-3-7(4-2-6)10(12)13/h8-11,13,18H,6-7,12H2,1-5H3,(H,23,27);7-10,12,16H,5-6,11H2,1-4H3;7-10,12,16H,5-6,11,21H2,1-4H3;5-8,10,16H,3-4,9H2,1-2H3,(H,20,24);2-6H,1H3,(H,11,12);1-4H,5H2/t18-;3*16-;;/m0000../s1. The number of nitro groups is 3. The molecule has 4 atom stereocenters. The van der Waals surface area contributed by atoms with Gasteiger partial charge < -0.3 is 35.9 Å². The second-order valence-corrected chi connectivity index (χ2v) is 40.8. The Kier molecular flexibility index (Phi) is 38.9. The number of benzene rings is 6. The summed E-state index contributed by atoms with van der Waals surface area (Å²) in [5, 5.41) is 61.8. The highest BCUT2D eigenvalue weighted by atomic mass is 79.9. The average Bonchev–Trinajstić information content (AvgIpc) is 1.63. The van der Waals surface area contributed by atoms with Crippen LogP contribution in [0.3, 0.4) is 0 Å². The molecule has 9 amide bonds. The van der Waals surface area contributed by atoms with Crippen molar-refractivity contribution in [3.8, 4) is 62.5 Å². The summed E-state index contributed by atoms with van der Waals surface area (Å²) in [6.07, 6.45) is 6.30. The fraction of sp³-hybridized carbons (Fsp3) is 0.367. The molecule has 5 aromatic heterocycles. The van der Waals surface area contributed by atoms with Gasteiger partial charge >= 0.3 is 18.3 Å². The van der Waals surface area contributed by atoms with Crippen LogP contribution in [0.5, 0.6) is 0 Å². The zero-order valence-electron chi connectivity index (χ0n) is 82.1. The van der Waals surface area contributed by atoms with Crippen LogP contribution in [0.15, 0.2) is 172 Å². The number of carbonyl (C=O) groups excluding carboxylic acids is 10. The van der Waals surface area contributed by atoms with Crippen LogP contribution in [0.1, 0.15) is 138 Å². The third-order valence-corrected chi connectivity index (χ3v) is 26.8. The summed E-state index contributed by atoms with van der Waals surface area (Å²) in [4.78, 5) is 187. The van der Waals surface area contributed by atoms with E-state index in [4.69, 9.17) is 25.2 Å². The van der Waals surface area contributed by atoms with Gasteiger partial charge in [-0.3, -0.25) is 103 Å². The molecule has 144 heavy (non-hydrogen) atoms. The lowest BCUT2D eigenvalue weighted by Crippen LogP contribution is -2.48. The number of rotatable bonds is 21. The van der Waals surface area contributed by atoms with E-state index in [1.54, 1.807) is 85.7 Å². The number of likely N-dealkylation sites (tertiary alicyclic amines) is 4. The topological polar surface area (TPSA) is 504 Å². The van der Waals surface area contributed by atoms with Gasteiger partial charge in [-0.15, -0.1) is 56.7 Å². The molecule has 4 fully saturated rings. The second kappa shape index (κ2) is 50.3. The molecule has 11 aromatic rings. The number of anilines is 8. The molecule has 40 nitrogen and oxygen atoms in total. The third kappa shape index (κ3) is 31.2. The quantitative estimate of drug-likeness (QED) is 0.00987. The molecule has 4 aliphatic heterocycles. The number of ketones is 1. The summed E-state index contributed by atoms with van der Waals surface area (Å²) in [6, 6.07) is 38.1. The number of alkyl halides is 1. The number of nitriles is 1. The molecule has 4 saturated heterocycles. The Hall–Kier alpha value is -14.7. The molecule has 0 radical (unpaired) electrons. The van der Waals surface area contributed by atoms with Gasteiger partial charge in [-0.2, -0.15) is 5.26 Å². The fourth-order valence-corrected chi connectivity index (χ4v) is 18.9. The fourth-order valence-electron chi connectivity index (χ4n) is 14.7. The number of aromatic nitrogens is 5. The predicted octanol–water partition coefficient (Wildman–Crippen LogP) is 19.6. The molecule has 46 heteroatoms. The minimum Gasteiger partial charge on any atom is -0.444 e. The van der Waals surface area contributed by atoms with Crippen molar-refractivity contribution in [2.45, 2.75) is 168 Å². The van der Waals surface area contributed by atoms with Gasteiger partial charge in [0.1, 0.15) is 41.0 Å². The number of ether oxygens (including phenoxy) is 3. The molecule has 6 aromatic carbocycles. The van der Waals surface area contributed by atoms with Gasteiger partial charge in [0.25, 0.3) is 40.7 Å². The molecule has 0 spiro atoms. The Labute approximate surface area is 860 Å². The van der Waals surface area contributed by atoms with Gasteiger partial charge in [-0.05, 0) is 186 Å². The summed E-state index contributed by atoms with van der Waals surface area (Å²) < 4.78 is 16.3. The number of hydrogen-bond acceptors (Lipinski definition) is 33. The van der Waals surface area contributed by atoms with Crippen LogP contribution >= 0.6 is 72.6 Å². The van der Waals surface area contributed by atoms with Gasteiger partial charge in [0.05, 0.1) is 48.6 Å². The van der Waals surface area contributed by atoms with Crippen molar-refractivity contribution in [2.75, 3.05) is 108 Å². The van der Waals surface area contributed by atoms with Crippen molar-refractivity contribution in [1.82, 2.24) is 44.5 Å². The summed E-state index contributed by atoms with van der Waals surface area (Å²) in [5.74, 6) is -0.987. The Morgan fingerprint density at radius 2 is 0.688 bits per heavy atom. The van der Waals surface area contributed by atoms with Gasteiger partial charge in [0, 0.05) is 189 Å². The maximum atomic E-state index is 13.1. The van der Waals surface area contributed by atoms with E-state index < -0.39 is 74.0 Å². The van der Waals surface area contributed by atoms with E-state index in [2.05, 4.69) is 63.0 Å². The maximum Gasteiger partial charge on any atom is 0.410 e. The number of thiazole rings is 5. The lowest BCUT2D eigenvalue weighted by molar-refractivity contribution is -0.385. The van der Waals surface area contributed by atoms with Crippen LogP contribution in [0.2, 0.25) is 0 Å². The van der Waals surface area contributed by atoms with Crippen molar-refractivity contribution in [3.05, 3.63) is 208 Å². The molecule has 15 rings (SSSR count). The molecule has 9 heterocycles. The number of nitrogens with zero attached hydrogens (tertiary/aromatic N) is 17. The number of carbonyl (C=O) groups is 10. The van der Waals surface area contributed by atoms with Crippen LogP contribution in [-0.4, -0.2) is 227 Å². The zero-order valence-corrected chi connectivity index (χ0v) is 87.8. The number of nitrogens with one attached hydrogen (secondary N) is 3. The highest BCUT2D eigenvalue weighted by Crippen LogP contribution is 2.38. The van der Waals surface area contributed by atoms with Crippen LogP contribution in [0.25, 0.3) is 56.3 Å². The number of nitro benzene ring substituents is 3. The van der Waals surface area contributed by atoms with Crippen molar-refractivity contribution in [2.24, 2.45) is 0 Å². The van der Waals surface area contributed by atoms with E-state index in [1.165, 1.54) is 158 Å². The van der Waals surface area contributed by atoms with E-state index in [9.17, 15) is 78.3 Å². The molecule has 760 valence electrons. The Bertz CT molecular complexity index is 6420. The van der Waals surface area contributed by atoms with E-state index in [1.807, 2.05) is 136 Å². The normalized spacial score (nSPS) is 15.1. The number of non-ortho nitro benzene ring substituents is 3. The summed E-state index contributed by atoms with van der Waals surface area (Å²) in [5.41, 5.74) is 14.6. The monoisotopic (exact) mass is 2130 g/mol. The van der Waals surface area contributed by atoms with Crippen molar-refractivity contribution in [1.29, 1.82) is 5.26 Å². The molecule has 5 N–H and O–H groups in total. The van der Waals surface area contributed by atoms with Gasteiger partial charge in [0.15, 0.2) is 37.6 Å². The average molecular weight is 2130 g/mol. The first-order valence-electron chi connectivity index (χ1n) is 45.3. The van der Waals surface area contributed by atoms with E-state index in [-0.39, 0.29) is 63.6 Å². The first-order valence-corrected chi connectivity index (χ1v) is 50.8. The predicted molar refractivity (Wildman–Crippen MR) is 562 cm³/mol. The maximum absolute atomic E-state index is 13.1. The molecule has 0 bridgehead atoms. The Balaban J connectivity index is 0.000000181. The highest BCUT2D eigenvalue weighted by molar-refractivity contribution is 9.09. The molecular formula is C98H112BrN21O19S5. The molecular weight excluding hydrogens is 2020 g/mol. The van der Waals surface area contributed by atoms with Crippen molar-refractivity contribution in [3.63, 3.8) is 0 Å². The largest absolute Gasteiger partial charge is 0.444 e. The van der Waals surface area contributed by atoms with Crippen molar-refractivity contribution < 1.29 is 76.9 Å².